The first-order chi connectivity index (χ1) is 13.7. The first kappa shape index (κ1) is 19.7. The molecule has 0 saturated heterocycles. The van der Waals surface area contributed by atoms with Crippen molar-refractivity contribution in [2.75, 3.05) is 5.32 Å². The monoisotopic (exact) mass is 410 g/mol. The molecule has 1 N–H and O–H groups in total. The number of nitro groups is 1. The van der Waals surface area contributed by atoms with Gasteiger partial charge in [0.1, 0.15) is 0 Å². The van der Waals surface area contributed by atoms with Gasteiger partial charge in [-0.25, -0.2) is 4.90 Å². The molecule has 3 amide bonds. The summed E-state index contributed by atoms with van der Waals surface area (Å²) in [5, 5.41) is 22.2. The van der Waals surface area contributed by atoms with Crippen molar-refractivity contribution in [1.82, 2.24) is 4.90 Å². The number of amides is 3. The summed E-state index contributed by atoms with van der Waals surface area (Å²) < 4.78 is 0. The maximum atomic E-state index is 12.6. The molecule has 0 saturated carbocycles. The number of hydrogen-bond donors (Lipinski definition) is 1. The van der Waals surface area contributed by atoms with Gasteiger partial charge >= 0.3 is 0 Å². The van der Waals surface area contributed by atoms with Gasteiger partial charge < -0.3 is 5.32 Å². The second kappa shape index (κ2) is 7.53. The summed E-state index contributed by atoms with van der Waals surface area (Å²) in [6.07, 6.45) is 1.07. The fraction of sp³-hybridized carbons (Fsp3) is 0.0526. The Labute approximate surface area is 168 Å². The first-order valence-corrected chi connectivity index (χ1v) is 8.47. The molecule has 0 aromatic heterocycles. The average Bonchev–Trinajstić information content (AvgIpc) is 2.93. The number of benzene rings is 2. The van der Waals surface area contributed by atoms with Crippen LogP contribution in [-0.4, -0.2) is 27.5 Å². The molecule has 1 aliphatic rings. The molecule has 1 aliphatic heterocycles. The maximum Gasteiger partial charge on any atom is 0.271 e. The first-order valence-electron chi connectivity index (χ1n) is 8.09. The van der Waals surface area contributed by atoms with Gasteiger partial charge in [0.2, 0.25) is 0 Å². The molecule has 10 heteroatoms. The molecule has 3 rings (SSSR count). The van der Waals surface area contributed by atoms with Crippen molar-refractivity contribution in [2.24, 2.45) is 0 Å². The van der Waals surface area contributed by atoms with Crippen molar-refractivity contribution in [2.45, 2.75) is 6.92 Å². The topological polar surface area (TPSA) is 133 Å². The molecule has 0 unspecified atom stereocenters. The van der Waals surface area contributed by atoms with E-state index in [1.54, 1.807) is 6.07 Å². The van der Waals surface area contributed by atoms with Crippen LogP contribution in [0.15, 0.2) is 48.2 Å². The second-order valence-electron chi connectivity index (χ2n) is 6.00. The van der Waals surface area contributed by atoms with Crippen LogP contribution >= 0.6 is 11.6 Å². The largest absolute Gasteiger partial charge is 0.320 e. The zero-order valence-electron chi connectivity index (χ0n) is 14.8. The van der Waals surface area contributed by atoms with E-state index in [9.17, 15) is 24.5 Å². The number of imide groups is 1. The molecule has 0 bridgehead atoms. The van der Waals surface area contributed by atoms with Crippen LogP contribution in [0, 0.1) is 21.4 Å². The number of halogens is 1. The van der Waals surface area contributed by atoms with Crippen LogP contribution in [0.4, 0.5) is 11.4 Å². The molecule has 0 spiro atoms. The smallest absolute Gasteiger partial charge is 0.271 e. The molecule has 9 nitrogen and oxygen atoms in total. The Morgan fingerprint density at radius 3 is 2.55 bits per heavy atom. The van der Waals surface area contributed by atoms with Gasteiger partial charge in [0, 0.05) is 29.5 Å². The van der Waals surface area contributed by atoms with Crippen LogP contribution < -0.4 is 5.32 Å². The number of non-ortho nitro benzene ring substituents is 1. The lowest BCUT2D eigenvalue weighted by atomic mass is 10.1. The predicted molar refractivity (Wildman–Crippen MR) is 102 cm³/mol. The minimum atomic E-state index is -0.668. The molecule has 0 radical (unpaired) electrons. The van der Waals surface area contributed by atoms with Crippen molar-refractivity contribution >= 4 is 40.7 Å². The number of nitrogens with one attached hydrogen (secondary N) is 1. The van der Waals surface area contributed by atoms with Gasteiger partial charge in [-0.15, -0.1) is 0 Å². The zero-order valence-corrected chi connectivity index (χ0v) is 15.6. The van der Waals surface area contributed by atoms with Crippen LogP contribution in [0.3, 0.4) is 0 Å². The molecule has 2 aromatic rings. The number of rotatable bonds is 4. The Hall–Kier alpha value is -4.03. The highest BCUT2D eigenvalue weighted by Gasteiger charge is 2.37. The van der Waals surface area contributed by atoms with Gasteiger partial charge in [-0.05, 0) is 31.2 Å². The normalized spacial score (nSPS) is 13.1. The van der Waals surface area contributed by atoms with E-state index in [4.69, 9.17) is 16.9 Å². The molecular weight excluding hydrogens is 400 g/mol. The summed E-state index contributed by atoms with van der Waals surface area (Å²) in [6.45, 7) is 1.45. The number of allylic oxidation sites excluding steroid dienone is 2. The number of carbonyl (C=O) groups excluding carboxylic acids is 3. The average molecular weight is 411 g/mol. The van der Waals surface area contributed by atoms with Gasteiger partial charge in [0.15, 0.2) is 0 Å². The number of anilines is 1. The highest BCUT2D eigenvalue weighted by molar-refractivity contribution is 6.34. The predicted octanol–water partition coefficient (Wildman–Crippen LogP) is 3.52. The minimum absolute atomic E-state index is 0.0125. The van der Waals surface area contributed by atoms with E-state index >= 15 is 0 Å². The Morgan fingerprint density at radius 1 is 1.21 bits per heavy atom. The van der Waals surface area contributed by atoms with E-state index in [-0.39, 0.29) is 38.8 Å². The number of nitrogens with zero attached hydrogens (tertiary/aromatic N) is 3. The Bertz CT molecular complexity index is 1170. The van der Waals surface area contributed by atoms with Gasteiger partial charge in [-0.2, -0.15) is 5.26 Å². The highest BCUT2D eigenvalue weighted by Crippen LogP contribution is 2.29. The number of nitriles is 1. The molecule has 0 atom stereocenters. The summed E-state index contributed by atoms with van der Waals surface area (Å²) in [4.78, 5) is 48.6. The van der Waals surface area contributed by atoms with E-state index in [0.717, 1.165) is 17.0 Å². The molecule has 0 fully saturated rings. The third-order valence-corrected chi connectivity index (χ3v) is 4.51. The molecule has 0 aliphatic carbocycles. The molecule has 144 valence electrons. The van der Waals surface area contributed by atoms with Crippen LogP contribution in [0.2, 0.25) is 5.02 Å². The lowest BCUT2D eigenvalue weighted by molar-refractivity contribution is -0.384. The Balaban J connectivity index is 1.92. The minimum Gasteiger partial charge on any atom is -0.320 e. The lowest BCUT2D eigenvalue weighted by Gasteiger charge is -2.12. The maximum absolute atomic E-state index is 12.6. The number of nitro benzene ring substituents is 1. The molecule has 29 heavy (non-hydrogen) atoms. The van der Waals surface area contributed by atoms with E-state index < -0.39 is 22.6 Å². The fourth-order valence-corrected chi connectivity index (χ4v) is 2.94. The van der Waals surface area contributed by atoms with Crippen LogP contribution in [0.1, 0.15) is 38.0 Å². The van der Waals surface area contributed by atoms with Crippen LogP contribution in [0.5, 0.6) is 0 Å². The summed E-state index contributed by atoms with van der Waals surface area (Å²) >= 11 is 5.98. The second-order valence-corrected chi connectivity index (χ2v) is 6.40. The Morgan fingerprint density at radius 2 is 1.90 bits per heavy atom. The van der Waals surface area contributed by atoms with Crippen molar-refractivity contribution in [3.8, 4) is 6.07 Å². The van der Waals surface area contributed by atoms with E-state index in [0.29, 0.717) is 0 Å². The number of fused-ring (bicyclic) bond motifs is 1. The van der Waals surface area contributed by atoms with E-state index in [2.05, 4.69) is 5.32 Å². The van der Waals surface area contributed by atoms with E-state index in [1.165, 1.54) is 37.3 Å². The van der Waals surface area contributed by atoms with Crippen molar-refractivity contribution in [3.05, 3.63) is 80.0 Å². The molecule has 1 heterocycles. The van der Waals surface area contributed by atoms with Gasteiger partial charge in [0.25, 0.3) is 23.4 Å². The number of hydrogen-bond acceptors (Lipinski definition) is 6. The Kier molecular flexibility index (Phi) is 5.12. The molecular formula is C19H11ClN4O5. The van der Waals surface area contributed by atoms with Crippen molar-refractivity contribution in [1.29, 1.82) is 5.26 Å². The summed E-state index contributed by atoms with van der Waals surface area (Å²) in [7, 11) is 0. The summed E-state index contributed by atoms with van der Waals surface area (Å²) in [5.41, 5.74) is 0.103. The van der Waals surface area contributed by atoms with Gasteiger partial charge in [-0.3, -0.25) is 24.5 Å². The third kappa shape index (κ3) is 3.56. The quantitative estimate of drug-likeness (QED) is 0.354. The highest BCUT2D eigenvalue weighted by atomic mass is 35.5. The van der Waals surface area contributed by atoms with Crippen LogP contribution in [-0.2, 0) is 0 Å². The zero-order chi connectivity index (χ0) is 21.3. The van der Waals surface area contributed by atoms with Crippen molar-refractivity contribution in [3.63, 3.8) is 0 Å². The SMILES string of the molecule is C/C(=C\C#N)N1C(=O)c2ccc(C(=O)Nc3cc([N+](=O)[O-])ccc3Cl)cc2C1=O. The summed E-state index contributed by atoms with van der Waals surface area (Å²) in [5.74, 6) is -1.92. The van der Waals surface area contributed by atoms with E-state index in [1.807, 2.05) is 0 Å². The van der Waals surface area contributed by atoms with Gasteiger partial charge in [0.05, 0.1) is 32.8 Å². The van der Waals surface area contributed by atoms with Gasteiger partial charge in [-0.1, -0.05) is 11.6 Å². The summed E-state index contributed by atoms with van der Waals surface area (Å²) in [6, 6.07) is 9.27. The third-order valence-electron chi connectivity index (χ3n) is 4.18. The van der Waals surface area contributed by atoms with Crippen molar-refractivity contribution < 1.29 is 19.3 Å². The van der Waals surface area contributed by atoms with Crippen LogP contribution in [0.25, 0.3) is 0 Å². The standard InChI is InChI=1S/C19H11ClN4O5/c1-10(6-7-21)23-18(26)13-4-2-11(8-14(13)19(23)27)17(25)22-16-9-12(24(28)29)3-5-15(16)20/h2-6,8-9H,1H3,(H,22,25)/b10-6+. The number of carbonyl (C=O) groups is 3. The molecule has 2 aromatic carbocycles. The fourth-order valence-electron chi connectivity index (χ4n) is 2.78. The lowest BCUT2D eigenvalue weighted by Crippen LogP contribution is -2.27.